The van der Waals surface area contributed by atoms with E-state index in [1.54, 1.807) is 29.5 Å². The number of hydrogen-bond acceptors (Lipinski definition) is 7. The average Bonchev–Trinajstić information content (AvgIpc) is 3.47. The van der Waals surface area contributed by atoms with Gasteiger partial charge in [0, 0.05) is 10.4 Å². The van der Waals surface area contributed by atoms with Gasteiger partial charge in [-0.3, -0.25) is 9.59 Å². The summed E-state index contributed by atoms with van der Waals surface area (Å²) in [5.74, 6) is 0.0836. The van der Waals surface area contributed by atoms with Crippen LogP contribution in [0, 0.1) is 12.8 Å². The number of anilines is 2. The molecule has 182 valence electrons. The number of rotatable bonds is 8. The molecule has 0 fully saturated rings. The summed E-state index contributed by atoms with van der Waals surface area (Å²) in [5.41, 5.74) is 16.0. The molecular weight excluding hydrogens is 462 g/mol. The first-order valence-electron chi connectivity index (χ1n) is 11.4. The van der Waals surface area contributed by atoms with Gasteiger partial charge in [0.05, 0.1) is 29.0 Å². The number of fused-ring (bicyclic) bond motifs is 1. The quantitative estimate of drug-likeness (QED) is 0.247. The Hall–Kier alpha value is -3.69. The van der Waals surface area contributed by atoms with Crippen LogP contribution in [0.15, 0.2) is 53.9 Å². The topological polar surface area (TPSA) is 125 Å². The number of nitrogens with zero attached hydrogens (tertiary/aromatic N) is 2. The number of aromatic nitrogens is 2. The van der Waals surface area contributed by atoms with Gasteiger partial charge >= 0.3 is 5.97 Å². The highest BCUT2D eigenvalue weighted by molar-refractivity contribution is 7.13. The van der Waals surface area contributed by atoms with Crippen LogP contribution in [0.25, 0.3) is 21.5 Å². The standard InChI is InChI=1S/C26H29N5O3S/c1-15(2)24(28)26(33)34-11-10-31-16(3)29-21-14-18(7-9-22(21)31)25(32)30-20-13-17(6-8-19(20)27)23-5-4-12-35-23/h4-9,12-15,24H,10-11,27-28H2,1-3H3,(H,30,32). The van der Waals surface area contributed by atoms with E-state index in [2.05, 4.69) is 10.3 Å². The van der Waals surface area contributed by atoms with E-state index in [1.165, 1.54) is 0 Å². The maximum atomic E-state index is 13.0. The minimum absolute atomic E-state index is 0.0106. The summed E-state index contributed by atoms with van der Waals surface area (Å²) in [5, 5.41) is 4.92. The lowest BCUT2D eigenvalue weighted by Gasteiger charge is -2.15. The van der Waals surface area contributed by atoms with Crippen LogP contribution in [0.4, 0.5) is 11.4 Å². The summed E-state index contributed by atoms with van der Waals surface area (Å²) < 4.78 is 7.28. The zero-order valence-electron chi connectivity index (χ0n) is 19.9. The second-order valence-electron chi connectivity index (χ2n) is 8.68. The van der Waals surface area contributed by atoms with Crippen molar-refractivity contribution in [1.29, 1.82) is 0 Å². The molecule has 1 unspecified atom stereocenters. The number of thiophene rings is 1. The minimum atomic E-state index is -0.642. The van der Waals surface area contributed by atoms with Gasteiger partial charge in [-0.2, -0.15) is 0 Å². The molecule has 1 amide bonds. The zero-order valence-corrected chi connectivity index (χ0v) is 20.8. The van der Waals surface area contributed by atoms with Crippen LogP contribution in [-0.2, 0) is 16.1 Å². The molecule has 5 N–H and O–H groups in total. The normalized spacial score (nSPS) is 12.1. The van der Waals surface area contributed by atoms with E-state index in [0.29, 0.717) is 29.0 Å². The van der Waals surface area contributed by atoms with Crippen LogP contribution in [0.1, 0.15) is 30.0 Å². The number of amides is 1. The molecule has 0 spiro atoms. The van der Waals surface area contributed by atoms with E-state index in [1.807, 2.05) is 61.1 Å². The predicted octanol–water partition coefficient (Wildman–Crippen LogP) is 4.43. The van der Waals surface area contributed by atoms with Crippen molar-refractivity contribution in [2.24, 2.45) is 11.7 Å². The molecule has 0 aliphatic heterocycles. The molecular formula is C26H29N5O3S. The van der Waals surface area contributed by atoms with Crippen molar-refractivity contribution < 1.29 is 14.3 Å². The highest BCUT2D eigenvalue weighted by Crippen LogP contribution is 2.30. The van der Waals surface area contributed by atoms with Crippen LogP contribution in [0.5, 0.6) is 0 Å². The molecule has 0 saturated carbocycles. The van der Waals surface area contributed by atoms with Crippen molar-refractivity contribution in [2.75, 3.05) is 17.7 Å². The van der Waals surface area contributed by atoms with E-state index >= 15 is 0 Å². The number of aryl methyl sites for hydroxylation is 1. The van der Waals surface area contributed by atoms with Crippen LogP contribution in [0.3, 0.4) is 0 Å². The molecule has 2 aromatic heterocycles. The van der Waals surface area contributed by atoms with Crippen LogP contribution in [-0.4, -0.2) is 34.1 Å². The summed E-state index contributed by atoms with van der Waals surface area (Å²) >= 11 is 1.62. The second kappa shape index (κ2) is 10.3. The van der Waals surface area contributed by atoms with Gasteiger partial charge in [0.1, 0.15) is 18.5 Å². The first-order valence-corrected chi connectivity index (χ1v) is 12.3. The number of ether oxygens (including phenoxy) is 1. The summed E-state index contributed by atoms with van der Waals surface area (Å²) in [6.07, 6.45) is 0. The number of imidazole rings is 1. The fourth-order valence-corrected chi connectivity index (χ4v) is 4.46. The van der Waals surface area contributed by atoms with Gasteiger partial charge in [0.2, 0.25) is 0 Å². The first-order chi connectivity index (χ1) is 16.7. The second-order valence-corrected chi connectivity index (χ2v) is 9.63. The van der Waals surface area contributed by atoms with Gasteiger partial charge < -0.3 is 26.1 Å². The lowest BCUT2D eigenvalue weighted by molar-refractivity contribution is -0.146. The van der Waals surface area contributed by atoms with Crippen LogP contribution >= 0.6 is 11.3 Å². The molecule has 0 bridgehead atoms. The third kappa shape index (κ3) is 5.36. The molecule has 0 aliphatic rings. The number of nitrogens with one attached hydrogen (secondary N) is 1. The largest absolute Gasteiger partial charge is 0.463 e. The number of nitrogens with two attached hydrogens (primary N) is 2. The van der Waals surface area contributed by atoms with E-state index in [9.17, 15) is 9.59 Å². The van der Waals surface area contributed by atoms with Crippen molar-refractivity contribution >= 4 is 45.6 Å². The Balaban J connectivity index is 1.48. The van der Waals surface area contributed by atoms with E-state index in [-0.39, 0.29) is 18.4 Å². The number of carbonyl (C=O) groups is 2. The Labute approximate surface area is 207 Å². The lowest BCUT2D eigenvalue weighted by atomic mass is 10.1. The highest BCUT2D eigenvalue weighted by atomic mass is 32.1. The Kier molecular flexibility index (Phi) is 7.18. The maximum absolute atomic E-state index is 13.0. The van der Waals surface area contributed by atoms with Crippen molar-refractivity contribution in [3.05, 3.63) is 65.3 Å². The number of esters is 1. The molecule has 0 radical (unpaired) electrons. The van der Waals surface area contributed by atoms with Crippen LogP contribution in [0.2, 0.25) is 0 Å². The molecule has 1 atom stereocenters. The fourth-order valence-electron chi connectivity index (χ4n) is 3.73. The van der Waals surface area contributed by atoms with Gasteiger partial charge in [-0.05, 0) is 60.2 Å². The minimum Gasteiger partial charge on any atom is -0.463 e. The fraction of sp³-hybridized carbons (Fsp3) is 0.269. The van der Waals surface area contributed by atoms with E-state index in [4.69, 9.17) is 16.2 Å². The first kappa shape index (κ1) is 24.4. The monoisotopic (exact) mass is 491 g/mol. The van der Waals surface area contributed by atoms with Crippen molar-refractivity contribution in [3.8, 4) is 10.4 Å². The summed E-state index contributed by atoms with van der Waals surface area (Å²) in [4.78, 5) is 30.7. The van der Waals surface area contributed by atoms with Gasteiger partial charge in [0.25, 0.3) is 5.91 Å². The smallest absolute Gasteiger partial charge is 0.323 e. The van der Waals surface area contributed by atoms with Gasteiger partial charge in [-0.1, -0.05) is 26.0 Å². The Bertz CT molecular complexity index is 1360. The maximum Gasteiger partial charge on any atom is 0.323 e. The Morgan fingerprint density at radius 2 is 1.97 bits per heavy atom. The highest BCUT2D eigenvalue weighted by Gasteiger charge is 2.19. The molecule has 4 aromatic rings. The van der Waals surface area contributed by atoms with Crippen molar-refractivity contribution in [1.82, 2.24) is 9.55 Å². The molecule has 0 aliphatic carbocycles. The van der Waals surface area contributed by atoms with Crippen LogP contribution < -0.4 is 16.8 Å². The Morgan fingerprint density at radius 1 is 1.17 bits per heavy atom. The lowest BCUT2D eigenvalue weighted by Crippen LogP contribution is -2.37. The molecule has 9 heteroatoms. The molecule has 2 heterocycles. The van der Waals surface area contributed by atoms with Gasteiger partial charge in [0.15, 0.2) is 0 Å². The van der Waals surface area contributed by atoms with Gasteiger partial charge in [-0.25, -0.2) is 4.98 Å². The van der Waals surface area contributed by atoms with Gasteiger partial charge in [-0.15, -0.1) is 11.3 Å². The third-order valence-corrected chi connectivity index (χ3v) is 6.78. The molecule has 2 aromatic carbocycles. The molecule has 4 rings (SSSR count). The molecule has 0 saturated heterocycles. The average molecular weight is 492 g/mol. The number of benzene rings is 2. The molecule has 8 nitrogen and oxygen atoms in total. The number of carbonyl (C=O) groups excluding carboxylic acids is 2. The SMILES string of the molecule is Cc1nc2cc(C(=O)Nc3cc(-c4cccs4)ccc3N)ccc2n1CCOC(=O)C(N)C(C)C. The summed E-state index contributed by atoms with van der Waals surface area (Å²) in [6.45, 7) is 6.26. The predicted molar refractivity (Wildman–Crippen MR) is 140 cm³/mol. The summed E-state index contributed by atoms with van der Waals surface area (Å²) in [6, 6.07) is 14.3. The summed E-state index contributed by atoms with van der Waals surface area (Å²) in [7, 11) is 0. The number of nitrogen functional groups attached to an aromatic ring is 1. The van der Waals surface area contributed by atoms with Crippen molar-refractivity contribution in [2.45, 2.75) is 33.4 Å². The number of hydrogen-bond donors (Lipinski definition) is 3. The van der Waals surface area contributed by atoms with E-state index in [0.717, 1.165) is 21.8 Å². The Morgan fingerprint density at radius 3 is 2.69 bits per heavy atom. The third-order valence-electron chi connectivity index (χ3n) is 5.86. The zero-order chi connectivity index (χ0) is 25.1. The van der Waals surface area contributed by atoms with E-state index < -0.39 is 12.0 Å². The van der Waals surface area contributed by atoms with Crippen molar-refractivity contribution in [3.63, 3.8) is 0 Å². The molecule has 35 heavy (non-hydrogen) atoms.